The van der Waals surface area contributed by atoms with Gasteiger partial charge in [-0.2, -0.15) is 0 Å². The van der Waals surface area contributed by atoms with Gasteiger partial charge in [0.15, 0.2) is 11.6 Å². The third kappa shape index (κ3) is 5.24. The van der Waals surface area contributed by atoms with Crippen LogP contribution in [0.4, 0.5) is 15.8 Å². The number of rotatable bonds is 6. The Hall–Kier alpha value is -3.76. The van der Waals surface area contributed by atoms with Crippen LogP contribution in [0.5, 0.6) is 11.5 Å². The molecular formula is C23H22ClFN6O3. The first-order valence-electron chi connectivity index (χ1n) is 10.4. The number of anilines is 2. The molecule has 0 aliphatic carbocycles. The number of nitrogens with two attached hydrogens (primary N) is 1. The van der Waals surface area contributed by atoms with Crippen molar-refractivity contribution >= 4 is 34.8 Å². The Morgan fingerprint density at radius 3 is 2.74 bits per heavy atom. The van der Waals surface area contributed by atoms with E-state index in [1.165, 1.54) is 30.7 Å². The van der Waals surface area contributed by atoms with E-state index in [2.05, 4.69) is 15.3 Å². The van der Waals surface area contributed by atoms with Crippen LogP contribution >= 0.6 is 11.6 Å². The number of aromatic nitrogens is 2. The van der Waals surface area contributed by atoms with Crippen molar-refractivity contribution < 1.29 is 18.7 Å². The molecule has 34 heavy (non-hydrogen) atoms. The highest BCUT2D eigenvalue weighted by Gasteiger charge is 2.31. The van der Waals surface area contributed by atoms with Crippen LogP contribution in [0.2, 0.25) is 5.02 Å². The highest BCUT2D eigenvalue weighted by molar-refractivity contribution is 6.30. The topological polar surface area (TPSA) is 114 Å². The van der Waals surface area contributed by atoms with E-state index in [0.29, 0.717) is 36.8 Å². The Bertz CT molecular complexity index is 1210. The number of hydrogen-bond donors (Lipinski definition) is 2. The molecule has 1 unspecified atom stereocenters. The van der Waals surface area contributed by atoms with Crippen molar-refractivity contribution in [3.8, 4) is 11.5 Å². The minimum atomic E-state index is -0.643. The fourth-order valence-electron chi connectivity index (χ4n) is 3.67. The Labute approximate surface area is 200 Å². The molecule has 2 aromatic carbocycles. The van der Waals surface area contributed by atoms with E-state index >= 15 is 0 Å². The Balaban J connectivity index is 1.71. The molecule has 0 saturated carbocycles. The van der Waals surface area contributed by atoms with E-state index in [1.54, 1.807) is 18.2 Å². The number of carbonyl (C=O) groups is 2. The number of amides is 2. The molecule has 11 heteroatoms. The number of halogens is 2. The first kappa shape index (κ1) is 23.4. The number of nitrogens with zero attached hydrogens (tertiary/aromatic N) is 4. The van der Waals surface area contributed by atoms with E-state index in [-0.39, 0.29) is 16.5 Å². The minimum Gasteiger partial charge on any atom is -0.454 e. The summed E-state index contributed by atoms with van der Waals surface area (Å²) >= 11 is 5.82. The van der Waals surface area contributed by atoms with Gasteiger partial charge in [0.2, 0.25) is 5.91 Å². The third-order valence-corrected chi connectivity index (χ3v) is 5.61. The second kappa shape index (κ2) is 10.0. The maximum atomic E-state index is 14.3. The molecule has 4 rings (SSSR count). The Kier molecular flexibility index (Phi) is 6.90. The summed E-state index contributed by atoms with van der Waals surface area (Å²) < 4.78 is 20.0. The number of carbonyl (C=O) groups excluding carboxylic acids is 2. The lowest BCUT2D eigenvalue weighted by Crippen LogP contribution is -2.57. The Morgan fingerprint density at radius 2 is 2.03 bits per heavy atom. The number of benzene rings is 2. The predicted molar refractivity (Wildman–Crippen MR) is 126 cm³/mol. The summed E-state index contributed by atoms with van der Waals surface area (Å²) in [7, 11) is 1.90. The smallest absolute Gasteiger partial charge is 0.274 e. The molecule has 3 N–H and O–H groups in total. The molecule has 1 aromatic heterocycles. The van der Waals surface area contributed by atoms with Gasteiger partial charge in [0.25, 0.3) is 5.91 Å². The van der Waals surface area contributed by atoms with E-state index in [9.17, 15) is 14.0 Å². The van der Waals surface area contributed by atoms with Crippen LogP contribution < -0.4 is 20.7 Å². The van der Waals surface area contributed by atoms with Crippen molar-refractivity contribution in [2.45, 2.75) is 6.04 Å². The van der Waals surface area contributed by atoms with Crippen LogP contribution in [-0.4, -0.2) is 59.4 Å². The van der Waals surface area contributed by atoms with E-state index in [0.717, 1.165) is 6.07 Å². The Morgan fingerprint density at radius 1 is 1.21 bits per heavy atom. The molecule has 0 bridgehead atoms. The zero-order chi connectivity index (χ0) is 24.2. The van der Waals surface area contributed by atoms with Crippen molar-refractivity contribution in [3.63, 3.8) is 0 Å². The monoisotopic (exact) mass is 484 g/mol. The minimum absolute atomic E-state index is 0.0158. The van der Waals surface area contributed by atoms with Crippen LogP contribution in [0.1, 0.15) is 10.5 Å². The average Bonchev–Trinajstić information content (AvgIpc) is 2.82. The number of likely N-dealkylation sites (N-methyl/N-ethyl adjacent to an activating group) is 1. The second-order valence-corrected chi connectivity index (χ2v) is 8.21. The quantitative estimate of drug-likeness (QED) is 0.553. The van der Waals surface area contributed by atoms with Crippen LogP contribution in [0.3, 0.4) is 0 Å². The van der Waals surface area contributed by atoms with Crippen molar-refractivity contribution in [2.75, 3.05) is 36.9 Å². The lowest BCUT2D eigenvalue weighted by molar-refractivity contribution is -0.120. The fraction of sp³-hybridized carbons (Fsp3) is 0.217. The molecule has 3 aromatic rings. The van der Waals surface area contributed by atoms with Gasteiger partial charge in [-0.25, -0.2) is 14.4 Å². The molecule has 2 heterocycles. The van der Waals surface area contributed by atoms with Gasteiger partial charge in [-0.1, -0.05) is 11.6 Å². The zero-order valence-corrected chi connectivity index (χ0v) is 19.0. The number of nitrogens with one attached hydrogen (secondary N) is 1. The van der Waals surface area contributed by atoms with Gasteiger partial charge in [-0.15, -0.1) is 0 Å². The molecule has 0 spiro atoms. The van der Waals surface area contributed by atoms with Gasteiger partial charge >= 0.3 is 0 Å². The zero-order valence-electron chi connectivity index (χ0n) is 18.2. The highest BCUT2D eigenvalue weighted by atomic mass is 35.5. The molecule has 176 valence electrons. The summed E-state index contributed by atoms with van der Waals surface area (Å²) in [6.45, 7) is 1.55. The van der Waals surface area contributed by atoms with Crippen LogP contribution in [0.25, 0.3) is 0 Å². The maximum absolute atomic E-state index is 14.3. The number of ether oxygens (including phenoxy) is 1. The van der Waals surface area contributed by atoms with Gasteiger partial charge in [0.05, 0.1) is 11.4 Å². The summed E-state index contributed by atoms with van der Waals surface area (Å²) in [5, 5.41) is 3.07. The van der Waals surface area contributed by atoms with Crippen LogP contribution in [0.15, 0.2) is 55.0 Å². The summed E-state index contributed by atoms with van der Waals surface area (Å²) in [6.07, 6.45) is 2.74. The number of primary amides is 1. The molecule has 1 fully saturated rings. The highest BCUT2D eigenvalue weighted by Crippen LogP contribution is 2.36. The molecular weight excluding hydrogens is 463 g/mol. The van der Waals surface area contributed by atoms with Crippen molar-refractivity contribution in [2.24, 2.45) is 5.73 Å². The fourth-order valence-corrected chi connectivity index (χ4v) is 3.82. The van der Waals surface area contributed by atoms with Crippen molar-refractivity contribution in [1.82, 2.24) is 14.9 Å². The lowest BCUT2D eigenvalue weighted by Gasteiger charge is -2.40. The van der Waals surface area contributed by atoms with Crippen LogP contribution in [0, 0.1) is 5.82 Å². The summed E-state index contributed by atoms with van der Waals surface area (Å²) in [6, 6.07) is 9.76. The number of hydrogen-bond acceptors (Lipinski definition) is 7. The first-order chi connectivity index (χ1) is 16.3. The average molecular weight is 485 g/mol. The van der Waals surface area contributed by atoms with E-state index in [4.69, 9.17) is 22.1 Å². The largest absolute Gasteiger partial charge is 0.454 e. The van der Waals surface area contributed by atoms with Crippen LogP contribution in [-0.2, 0) is 4.79 Å². The summed E-state index contributed by atoms with van der Waals surface area (Å²) in [5.74, 6) is -1.29. The molecule has 1 atom stereocenters. The molecule has 1 aliphatic heterocycles. The van der Waals surface area contributed by atoms with Crippen molar-refractivity contribution in [1.29, 1.82) is 0 Å². The van der Waals surface area contributed by atoms with Gasteiger partial charge in [0, 0.05) is 36.9 Å². The molecule has 0 radical (unpaired) electrons. The first-order valence-corrected chi connectivity index (χ1v) is 10.8. The molecule has 1 saturated heterocycles. The second-order valence-electron chi connectivity index (χ2n) is 7.78. The SMILES string of the molecule is CN1CCN(c2cc(Oc3ccc(Cl)cc3F)ccc2NC(=O)c2ccncn2)C(C(N)=O)C1. The predicted octanol–water partition coefficient (Wildman–Crippen LogP) is 2.92. The van der Waals surface area contributed by atoms with E-state index in [1.807, 2.05) is 16.8 Å². The van der Waals surface area contributed by atoms with Gasteiger partial charge in [0.1, 0.15) is 23.8 Å². The summed E-state index contributed by atoms with van der Waals surface area (Å²) in [5.41, 5.74) is 6.79. The van der Waals surface area contributed by atoms with Gasteiger partial charge < -0.3 is 25.6 Å². The van der Waals surface area contributed by atoms with Crippen molar-refractivity contribution in [3.05, 3.63) is 71.5 Å². The third-order valence-electron chi connectivity index (χ3n) is 5.38. The molecule has 2 amide bonds. The standard InChI is InChI=1S/C23H22ClFN6O3/c1-30-8-9-31(20(12-30)22(26)32)19-11-15(34-21-5-2-14(24)10-16(21)25)3-4-17(19)29-23(33)18-6-7-27-13-28-18/h2-7,10-11,13,20H,8-9,12H2,1H3,(H2,26,32)(H,29,33). The maximum Gasteiger partial charge on any atom is 0.274 e. The summed E-state index contributed by atoms with van der Waals surface area (Å²) in [4.78, 5) is 36.6. The van der Waals surface area contributed by atoms with Gasteiger partial charge in [-0.05, 0) is 43.4 Å². The normalized spacial score (nSPS) is 16.2. The number of piperazine rings is 1. The molecule has 1 aliphatic rings. The van der Waals surface area contributed by atoms with E-state index < -0.39 is 23.7 Å². The lowest BCUT2D eigenvalue weighted by atomic mass is 10.1. The molecule has 9 nitrogen and oxygen atoms in total. The van der Waals surface area contributed by atoms with Gasteiger partial charge in [-0.3, -0.25) is 9.59 Å².